The van der Waals surface area contributed by atoms with Crippen LogP contribution in [-0.2, 0) is 9.63 Å². The Hall–Kier alpha value is -2.58. The van der Waals surface area contributed by atoms with Crippen molar-refractivity contribution >= 4 is 17.3 Å². The minimum absolute atomic E-state index is 0.00271. The molecule has 0 saturated heterocycles. The van der Waals surface area contributed by atoms with Gasteiger partial charge < -0.3 is 9.74 Å². The van der Waals surface area contributed by atoms with E-state index in [4.69, 9.17) is 4.84 Å². The van der Waals surface area contributed by atoms with Crippen molar-refractivity contribution in [2.75, 3.05) is 13.6 Å². The van der Waals surface area contributed by atoms with Crippen LogP contribution in [0.1, 0.15) is 12.0 Å². The van der Waals surface area contributed by atoms with E-state index in [2.05, 4.69) is 5.16 Å². The molecule has 22 heavy (non-hydrogen) atoms. The van der Waals surface area contributed by atoms with Crippen LogP contribution in [0.5, 0.6) is 0 Å². The number of nitro benzene ring substituents is 1. The van der Waals surface area contributed by atoms with Crippen molar-refractivity contribution in [3.8, 4) is 0 Å². The van der Waals surface area contributed by atoms with E-state index in [1.807, 2.05) is 0 Å². The highest BCUT2D eigenvalue weighted by atomic mass is 19.3. The monoisotopic (exact) mass is 313 g/mol. The smallest absolute Gasteiger partial charge is 0.278 e. The lowest BCUT2D eigenvalue weighted by Gasteiger charge is -2.19. The van der Waals surface area contributed by atoms with Gasteiger partial charge >= 0.3 is 0 Å². The average molecular weight is 313 g/mol. The number of carbonyl (C=O) groups excluding carboxylic acids is 1. The molecule has 1 atom stereocenters. The van der Waals surface area contributed by atoms with E-state index >= 15 is 0 Å². The van der Waals surface area contributed by atoms with Gasteiger partial charge in [0.2, 0.25) is 6.10 Å². The van der Waals surface area contributed by atoms with Gasteiger partial charge in [0.25, 0.3) is 18.0 Å². The number of alkyl halides is 2. The molecule has 1 aromatic rings. The molecule has 0 saturated carbocycles. The summed E-state index contributed by atoms with van der Waals surface area (Å²) in [5.74, 6) is -0.641. The van der Waals surface area contributed by atoms with Gasteiger partial charge in [0.1, 0.15) is 0 Å². The third kappa shape index (κ3) is 3.35. The fourth-order valence-electron chi connectivity index (χ4n) is 2.09. The van der Waals surface area contributed by atoms with Crippen LogP contribution in [0.2, 0.25) is 0 Å². The van der Waals surface area contributed by atoms with E-state index < -0.39 is 29.9 Å². The van der Waals surface area contributed by atoms with Crippen molar-refractivity contribution < 1.29 is 23.3 Å². The third-order valence-corrected chi connectivity index (χ3v) is 3.14. The minimum atomic E-state index is -2.65. The summed E-state index contributed by atoms with van der Waals surface area (Å²) in [5, 5.41) is 14.7. The molecule has 2 rings (SSSR count). The zero-order valence-electron chi connectivity index (χ0n) is 11.6. The van der Waals surface area contributed by atoms with E-state index in [1.165, 1.54) is 25.2 Å². The van der Waals surface area contributed by atoms with E-state index in [1.54, 1.807) is 6.07 Å². The Balaban J connectivity index is 2.10. The number of hydrogen-bond donors (Lipinski definition) is 0. The second-order valence-corrected chi connectivity index (χ2v) is 4.72. The van der Waals surface area contributed by atoms with E-state index in [-0.39, 0.29) is 23.4 Å². The van der Waals surface area contributed by atoms with Crippen molar-refractivity contribution in [3.05, 3.63) is 39.9 Å². The van der Waals surface area contributed by atoms with Crippen molar-refractivity contribution in [2.45, 2.75) is 19.0 Å². The second kappa shape index (κ2) is 6.46. The quantitative estimate of drug-likeness (QED) is 0.613. The van der Waals surface area contributed by atoms with Crippen LogP contribution in [0, 0.1) is 10.1 Å². The fraction of sp³-hybridized carbons (Fsp3) is 0.385. The molecule has 1 aromatic carbocycles. The summed E-state index contributed by atoms with van der Waals surface area (Å²) >= 11 is 0. The first-order chi connectivity index (χ1) is 10.4. The lowest BCUT2D eigenvalue weighted by Crippen LogP contribution is -2.39. The number of hydrogen-bond acceptors (Lipinski definition) is 5. The first kappa shape index (κ1) is 15.8. The molecule has 0 aliphatic carbocycles. The van der Waals surface area contributed by atoms with Gasteiger partial charge in [-0.2, -0.15) is 0 Å². The summed E-state index contributed by atoms with van der Waals surface area (Å²) in [4.78, 5) is 28.2. The Morgan fingerprint density at radius 1 is 1.55 bits per heavy atom. The van der Waals surface area contributed by atoms with Crippen LogP contribution in [0.4, 0.5) is 14.5 Å². The first-order valence-corrected chi connectivity index (χ1v) is 6.39. The largest absolute Gasteiger partial charge is 0.382 e. The van der Waals surface area contributed by atoms with Gasteiger partial charge in [-0.1, -0.05) is 17.3 Å². The summed E-state index contributed by atoms with van der Waals surface area (Å²) < 4.78 is 24.6. The Morgan fingerprint density at radius 2 is 2.23 bits per heavy atom. The fourth-order valence-corrected chi connectivity index (χ4v) is 2.09. The molecule has 0 bridgehead atoms. The molecule has 0 aromatic heterocycles. The normalized spacial score (nSPS) is 17.1. The number of nitro groups is 1. The summed E-state index contributed by atoms with van der Waals surface area (Å²) in [6.45, 7) is -0.709. The lowest BCUT2D eigenvalue weighted by atomic mass is 10.0. The molecule has 7 nitrogen and oxygen atoms in total. The number of benzene rings is 1. The first-order valence-electron chi connectivity index (χ1n) is 6.39. The lowest BCUT2D eigenvalue weighted by molar-refractivity contribution is -0.385. The van der Waals surface area contributed by atoms with Gasteiger partial charge in [0.15, 0.2) is 0 Å². The van der Waals surface area contributed by atoms with Crippen LogP contribution in [0.3, 0.4) is 0 Å². The molecule has 1 amide bonds. The molecular formula is C13H13F2N3O4. The summed E-state index contributed by atoms with van der Waals surface area (Å²) in [6.07, 6.45) is -3.69. The molecule has 1 heterocycles. The Bertz CT molecular complexity index is 621. The number of oxime groups is 1. The molecule has 0 N–H and O–H groups in total. The molecule has 0 radical (unpaired) electrons. The van der Waals surface area contributed by atoms with Gasteiger partial charge in [-0.3, -0.25) is 14.9 Å². The van der Waals surface area contributed by atoms with Gasteiger partial charge in [0.05, 0.1) is 22.7 Å². The molecule has 0 unspecified atom stereocenters. The van der Waals surface area contributed by atoms with Crippen LogP contribution in [-0.4, -0.2) is 47.6 Å². The number of halogens is 2. The minimum Gasteiger partial charge on any atom is -0.382 e. The van der Waals surface area contributed by atoms with Crippen molar-refractivity contribution in [3.63, 3.8) is 0 Å². The number of rotatable bonds is 5. The molecule has 118 valence electrons. The van der Waals surface area contributed by atoms with Crippen LogP contribution in [0.15, 0.2) is 29.4 Å². The average Bonchev–Trinajstić information content (AvgIpc) is 2.95. The molecule has 0 spiro atoms. The van der Waals surface area contributed by atoms with Gasteiger partial charge in [0, 0.05) is 19.5 Å². The number of likely N-dealkylation sites (N-methyl/N-ethyl adjacent to an activating group) is 1. The number of carbonyl (C=O) groups is 1. The van der Waals surface area contributed by atoms with Gasteiger partial charge in [-0.05, 0) is 6.07 Å². The molecule has 0 fully saturated rings. The van der Waals surface area contributed by atoms with Crippen molar-refractivity contribution in [2.24, 2.45) is 5.16 Å². The summed E-state index contributed by atoms with van der Waals surface area (Å²) in [6, 6.07) is 5.92. The number of nitrogens with zero attached hydrogens (tertiary/aromatic N) is 3. The second-order valence-electron chi connectivity index (χ2n) is 4.72. The maximum atomic E-state index is 12.3. The standard InChI is InChI=1S/C13H13F2N3O4/c1-17(7-12(14)15)13(19)11-6-9(16-22-11)8-4-2-3-5-10(8)18(20)21/h2-5,11-12H,6-7H2,1H3/t11-/m1/s1. The zero-order valence-corrected chi connectivity index (χ0v) is 11.6. The number of amides is 1. The topological polar surface area (TPSA) is 85.0 Å². The predicted molar refractivity (Wildman–Crippen MR) is 72.8 cm³/mol. The highest BCUT2D eigenvalue weighted by Gasteiger charge is 2.34. The molecule has 9 heteroatoms. The van der Waals surface area contributed by atoms with Gasteiger partial charge in [-0.25, -0.2) is 8.78 Å². The Kier molecular flexibility index (Phi) is 4.64. The third-order valence-electron chi connectivity index (χ3n) is 3.14. The predicted octanol–water partition coefficient (Wildman–Crippen LogP) is 1.81. The maximum absolute atomic E-state index is 12.3. The van der Waals surface area contributed by atoms with Gasteiger partial charge in [-0.15, -0.1) is 0 Å². The van der Waals surface area contributed by atoms with E-state index in [0.29, 0.717) is 0 Å². The van der Waals surface area contributed by atoms with Crippen molar-refractivity contribution in [1.29, 1.82) is 0 Å². The molecule has 1 aliphatic rings. The zero-order chi connectivity index (χ0) is 16.3. The molecule has 1 aliphatic heterocycles. The highest BCUT2D eigenvalue weighted by Crippen LogP contribution is 2.25. The Labute approximate surface area is 124 Å². The van der Waals surface area contributed by atoms with E-state index in [9.17, 15) is 23.7 Å². The maximum Gasteiger partial charge on any atom is 0.278 e. The summed E-state index contributed by atoms with van der Waals surface area (Å²) in [7, 11) is 1.24. The Morgan fingerprint density at radius 3 is 2.86 bits per heavy atom. The van der Waals surface area contributed by atoms with Crippen LogP contribution < -0.4 is 0 Å². The number of para-hydroxylation sites is 1. The SMILES string of the molecule is CN(CC(F)F)C(=O)[C@H]1CC(c2ccccc2[N+](=O)[O-])=NO1. The van der Waals surface area contributed by atoms with Crippen LogP contribution in [0.25, 0.3) is 0 Å². The van der Waals surface area contributed by atoms with Crippen molar-refractivity contribution in [1.82, 2.24) is 4.90 Å². The summed E-state index contributed by atoms with van der Waals surface area (Å²) in [5.41, 5.74) is 0.342. The highest BCUT2D eigenvalue weighted by molar-refractivity contribution is 6.06. The molecular weight excluding hydrogens is 300 g/mol. The van der Waals surface area contributed by atoms with Crippen LogP contribution >= 0.6 is 0 Å². The van der Waals surface area contributed by atoms with E-state index in [0.717, 1.165) is 4.90 Å².